The van der Waals surface area contributed by atoms with Crippen LogP contribution in [0.15, 0.2) is 48.5 Å². The molecule has 24 heavy (non-hydrogen) atoms. The Morgan fingerprint density at radius 2 is 1.83 bits per heavy atom. The van der Waals surface area contributed by atoms with Crippen LogP contribution in [0.25, 0.3) is 0 Å². The van der Waals surface area contributed by atoms with E-state index >= 15 is 0 Å². The molecule has 1 aliphatic carbocycles. The van der Waals surface area contributed by atoms with Crippen molar-refractivity contribution in [2.75, 3.05) is 19.5 Å². The van der Waals surface area contributed by atoms with Gasteiger partial charge in [-0.25, -0.2) is 0 Å². The van der Waals surface area contributed by atoms with E-state index in [0.717, 1.165) is 24.1 Å². The molecule has 2 aromatic carbocycles. The van der Waals surface area contributed by atoms with Gasteiger partial charge in [0, 0.05) is 12.1 Å². The van der Waals surface area contributed by atoms with E-state index in [1.54, 1.807) is 20.3 Å². The van der Waals surface area contributed by atoms with Gasteiger partial charge in [0.15, 0.2) is 0 Å². The number of benzene rings is 2. The van der Waals surface area contributed by atoms with Gasteiger partial charge < -0.3 is 20.1 Å². The van der Waals surface area contributed by atoms with Gasteiger partial charge in [0.2, 0.25) is 5.91 Å². The maximum Gasteiger partial charge on any atom is 0.247 e. The van der Waals surface area contributed by atoms with Gasteiger partial charge in [-0.05, 0) is 30.5 Å². The highest BCUT2D eigenvalue weighted by Crippen LogP contribution is 2.32. The highest BCUT2D eigenvalue weighted by atomic mass is 16.5. The van der Waals surface area contributed by atoms with E-state index in [1.165, 1.54) is 0 Å². The molecule has 1 saturated carbocycles. The van der Waals surface area contributed by atoms with E-state index in [0.29, 0.717) is 17.5 Å². The van der Waals surface area contributed by atoms with Crippen LogP contribution in [0.1, 0.15) is 24.4 Å². The zero-order chi connectivity index (χ0) is 16.9. The lowest BCUT2D eigenvalue weighted by Crippen LogP contribution is -2.34. The van der Waals surface area contributed by atoms with Gasteiger partial charge in [-0.1, -0.05) is 30.3 Å². The first-order valence-corrected chi connectivity index (χ1v) is 8.05. The van der Waals surface area contributed by atoms with E-state index < -0.39 is 6.04 Å². The van der Waals surface area contributed by atoms with E-state index in [4.69, 9.17) is 9.47 Å². The van der Waals surface area contributed by atoms with Crippen LogP contribution in [-0.4, -0.2) is 26.2 Å². The van der Waals surface area contributed by atoms with Gasteiger partial charge in [-0.15, -0.1) is 0 Å². The molecule has 0 aliphatic heterocycles. The molecule has 0 saturated heterocycles. The number of rotatable bonds is 7. The van der Waals surface area contributed by atoms with Crippen molar-refractivity contribution in [3.8, 4) is 11.5 Å². The van der Waals surface area contributed by atoms with Gasteiger partial charge in [0.05, 0.1) is 19.9 Å². The standard InChI is InChI=1S/C19H22N2O3/c1-23-15-10-11-16(17(12-15)24-2)21-18(13-6-4-3-5-7-13)19(22)20-14-8-9-14/h3-7,10-12,14,18,21H,8-9H2,1-2H3,(H,20,22)/t18-/m0/s1. The maximum atomic E-state index is 12.7. The molecule has 1 amide bonds. The van der Waals surface area contributed by atoms with Crippen molar-refractivity contribution < 1.29 is 14.3 Å². The summed E-state index contributed by atoms with van der Waals surface area (Å²) in [6.45, 7) is 0. The summed E-state index contributed by atoms with van der Waals surface area (Å²) >= 11 is 0. The molecule has 5 heteroatoms. The number of carbonyl (C=O) groups is 1. The first-order chi connectivity index (χ1) is 11.7. The fourth-order valence-corrected chi connectivity index (χ4v) is 2.53. The maximum absolute atomic E-state index is 12.7. The topological polar surface area (TPSA) is 59.6 Å². The lowest BCUT2D eigenvalue weighted by Gasteiger charge is -2.21. The van der Waals surface area contributed by atoms with Gasteiger partial charge in [0.1, 0.15) is 17.5 Å². The number of nitrogens with one attached hydrogen (secondary N) is 2. The molecular formula is C19H22N2O3. The van der Waals surface area contributed by atoms with Crippen LogP contribution in [0.4, 0.5) is 5.69 Å². The number of amides is 1. The second-order valence-corrected chi connectivity index (χ2v) is 5.84. The normalized spacial score (nSPS) is 14.6. The minimum Gasteiger partial charge on any atom is -0.497 e. The zero-order valence-corrected chi connectivity index (χ0v) is 13.9. The minimum atomic E-state index is -0.478. The molecule has 1 aliphatic rings. The molecule has 0 radical (unpaired) electrons. The highest BCUT2D eigenvalue weighted by Gasteiger charge is 2.28. The summed E-state index contributed by atoms with van der Waals surface area (Å²) in [4.78, 5) is 12.7. The van der Waals surface area contributed by atoms with Crippen molar-refractivity contribution in [2.24, 2.45) is 0 Å². The Kier molecular flexibility index (Phi) is 4.89. The third kappa shape index (κ3) is 3.79. The molecule has 0 aromatic heterocycles. The Balaban J connectivity index is 1.87. The van der Waals surface area contributed by atoms with Crippen molar-refractivity contribution in [3.05, 3.63) is 54.1 Å². The third-order valence-electron chi connectivity index (χ3n) is 4.03. The minimum absolute atomic E-state index is 0.0263. The monoisotopic (exact) mass is 326 g/mol. The number of hydrogen-bond acceptors (Lipinski definition) is 4. The predicted molar refractivity (Wildman–Crippen MR) is 93.5 cm³/mol. The van der Waals surface area contributed by atoms with Gasteiger partial charge >= 0.3 is 0 Å². The molecular weight excluding hydrogens is 304 g/mol. The van der Waals surface area contributed by atoms with Crippen LogP contribution in [0.5, 0.6) is 11.5 Å². The molecule has 2 aromatic rings. The first kappa shape index (κ1) is 16.2. The lowest BCUT2D eigenvalue weighted by molar-refractivity contribution is -0.122. The van der Waals surface area contributed by atoms with Crippen molar-refractivity contribution in [2.45, 2.75) is 24.9 Å². The van der Waals surface area contributed by atoms with E-state index in [9.17, 15) is 4.79 Å². The van der Waals surface area contributed by atoms with Gasteiger partial charge in [0.25, 0.3) is 0 Å². The molecule has 0 spiro atoms. The van der Waals surface area contributed by atoms with Crippen LogP contribution in [0, 0.1) is 0 Å². The number of methoxy groups -OCH3 is 2. The highest BCUT2D eigenvalue weighted by molar-refractivity contribution is 5.87. The molecule has 1 atom stereocenters. The molecule has 0 bridgehead atoms. The number of anilines is 1. The average Bonchev–Trinajstić information content (AvgIpc) is 3.44. The van der Waals surface area contributed by atoms with E-state index in [2.05, 4.69) is 10.6 Å². The summed E-state index contributed by atoms with van der Waals surface area (Å²) in [5.41, 5.74) is 1.66. The van der Waals surface area contributed by atoms with Crippen LogP contribution in [0.3, 0.4) is 0 Å². The molecule has 5 nitrogen and oxygen atoms in total. The largest absolute Gasteiger partial charge is 0.497 e. The SMILES string of the molecule is COc1ccc(N[C@H](C(=O)NC2CC2)c2ccccc2)c(OC)c1. The van der Waals surface area contributed by atoms with Crippen molar-refractivity contribution in [1.29, 1.82) is 0 Å². The average molecular weight is 326 g/mol. The summed E-state index contributed by atoms with van der Waals surface area (Å²) in [5, 5.41) is 6.37. The summed E-state index contributed by atoms with van der Waals surface area (Å²) in [7, 11) is 3.21. The Morgan fingerprint density at radius 1 is 1.08 bits per heavy atom. The van der Waals surface area contributed by atoms with Crippen molar-refractivity contribution >= 4 is 11.6 Å². The molecule has 1 fully saturated rings. The summed E-state index contributed by atoms with van der Waals surface area (Å²) in [6, 6.07) is 15.0. The number of hydrogen-bond donors (Lipinski definition) is 2. The molecule has 2 N–H and O–H groups in total. The molecule has 0 unspecified atom stereocenters. The van der Waals surface area contributed by atoms with Crippen LogP contribution in [-0.2, 0) is 4.79 Å². The number of ether oxygens (including phenoxy) is 2. The second-order valence-electron chi connectivity index (χ2n) is 5.84. The fraction of sp³-hybridized carbons (Fsp3) is 0.316. The quantitative estimate of drug-likeness (QED) is 0.821. The van der Waals surface area contributed by atoms with Crippen molar-refractivity contribution in [3.63, 3.8) is 0 Å². The summed E-state index contributed by atoms with van der Waals surface area (Å²) < 4.78 is 10.6. The Labute approximate surface area is 142 Å². The van der Waals surface area contributed by atoms with E-state index in [1.807, 2.05) is 42.5 Å². The predicted octanol–water partition coefficient (Wildman–Crippen LogP) is 3.14. The van der Waals surface area contributed by atoms with Crippen molar-refractivity contribution in [1.82, 2.24) is 5.32 Å². The van der Waals surface area contributed by atoms with Crippen LogP contribution < -0.4 is 20.1 Å². The Hall–Kier alpha value is -2.69. The Bertz CT molecular complexity index is 699. The zero-order valence-electron chi connectivity index (χ0n) is 13.9. The van der Waals surface area contributed by atoms with Crippen LogP contribution in [0.2, 0.25) is 0 Å². The fourth-order valence-electron chi connectivity index (χ4n) is 2.53. The number of carbonyl (C=O) groups excluding carboxylic acids is 1. The molecule has 3 rings (SSSR count). The third-order valence-corrected chi connectivity index (χ3v) is 4.03. The smallest absolute Gasteiger partial charge is 0.247 e. The van der Waals surface area contributed by atoms with Gasteiger partial charge in [-0.2, -0.15) is 0 Å². The molecule has 126 valence electrons. The molecule has 0 heterocycles. The summed E-state index contributed by atoms with van der Waals surface area (Å²) in [5.74, 6) is 1.31. The van der Waals surface area contributed by atoms with Gasteiger partial charge in [-0.3, -0.25) is 4.79 Å². The lowest BCUT2D eigenvalue weighted by atomic mass is 10.1. The first-order valence-electron chi connectivity index (χ1n) is 8.05. The second kappa shape index (κ2) is 7.25. The Morgan fingerprint density at radius 3 is 2.46 bits per heavy atom. The van der Waals surface area contributed by atoms with E-state index in [-0.39, 0.29) is 5.91 Å². The summed E-state index contributed by atoms with van der Waals surface area (Å²) in [6.07, 6.45) is 2.11. The van der Waals surface area contributed by atoms with Crippen LogP contribution >= 0.6 is 0 Å².